The molecule has 7 heteroatoms. The number of anilines is 1. The fourth-order valence-corrected chi connectivity index (χ4v) is 2.13. The summed E-state index contributed by atoms with van der Waals surface area (Å²) < 4.78 is 64.6. The minimum Gasteiger partial charge on any atom is -0.380 e. The molecule has 0 amide bonds. The Hall–Kier alpha value is -1.63. The third-order valence-corrected chi connectivity index (χ3v) is 3.39. The van der Waals surface area contributed by atoms with Crippen LogP contribution in [-0.4, -0.2) is 0 Å². The van der Waals surface area contributed by atoms with Crippen LogP contribution in [0.15, 0.2) is 40.9 Å². The molecule has 0 saturated carbocycles. The van der Waals surface area contributed by atoms with E-state index in [-0.39, 0.29) is 12.1 Å². The monoisotopic (exact) mass is 365 g/mol. The number of rotatable bonds is 3. The van der Waals surface area contributed by atoms with Crippen molar-refractivity contribution in [2.45, 2.75) is 12.7 Å². The number of hydrogen-bond donors (Lipinski definition) is 1. The smallest absolute Gasteiger partial charge is 0.380 e. The second kappa shape index (κ2) is 6.01. The van der Waals surface area contributed by atoms with Crippen molar-refractivity contribution in [2.75, 3.05) is 5.32 Å². The highest BCUT2D eigenvalue weighted by Gasteiger charge is 2.31. The van der Waals surface area contributed by atoms with Crippen LogP contribution in [0.2, 0.25) is 0 Å². The first-order valence-electron chi connectivity index (χ1n) is 5.81. The van der Waals surface area contributed by atoms with Gasteiger partial charge in [0.15, 0.2) is 0 Å². The SMILES string of the molecule is Fc1cc(CNc2cc(F)ccc2Br)cc(C(F)(F)F)c1. The first-order chi connectivity index (χ1) is 9.75. The zero-order chi connectivity index (χ0) is 15.6. The molecule has 1 nitrogen and oxygen atoms in total. The Balaban J connectivity index is 2.20. The lowest BCUT2D eigenvalue weighted by molar-refractivity contribution is -0.137. The summed E-state index contributed by atoms with van der Waals surface area (Å²) in [6, 6.07) is 6.16. The first-order valence-corrected chi connectivity index (χ1v) is 6.60. The lowest BCUT2D eigenvalue weighted by Crippen LogP contribution is -2.08. The Labute approximate surface area is 125 Å². The minimum atomic E-state index is -4.61. The zero-order valence-corrected chi connectivity index (χ0v) is 12.0. The Morgan fingerprint density at radius 1 is 0.952 bits per heavy atom. The predicted molar refractivity (Wildman–Crippen MR) is 72.8 cm³/mol. The Kier molecular flexibility index (Phi) is 4.51. The molecule has 0 fully saturated rings. The van der Waals surface area contributed by atoms with E-state index in [1.54, 1.807) is 0 Å². The molecular weight excluding hydrogens is 357 g/mol. The molecule has 0 heterocycles. The van der Waals surface area contributed by atoms with Gasteiger partial charge in [0.25, 0.3) is 0 Å². The molecule has 0 bridgehead atoms. The van der Waals surface area contributed by atoms with Crippen LogP contribution in [0.25, 0.3) is 0 Å². The van der Waals surface area contributed by atoms with Crippen molar-refractivity contribution in [2.24, 2.45) is 0 Å². The summed E-state index contributed by atoms with van der Waals surface area (Å²) in [6.45, 7) is -0.0666. The van der Waals surface area contributed by atoms with Crippen molar-refractivity contribution in [1.29, 1.82) is 0 Å². The van der Waals surface area contributed by atoms with Crippen LogP contribution in [0.1, 0.15) is 11.1 Å². The molecule has 0 aliphatic rings. The summed E-state index contributed by atoms with van der Waals surface area (Å²) in [4.78, 5) is 0. The largest absolute Gasteiger partial charge is 0.416 e. The predicted octanol–water partition coefficient (Wildman–Crippen LogP) is 5.36. The van der Waals surface area contributed by atoms with Gasteiger partial charge in [0.05, 0.1) is 11.3 Å². The molecule has 2 aromatic rings. The molecule has 2 rings (SSSR count). The molecule has 2 aromatic carbocycles. The van der Waals surface area contributed by atoms with Gasteiger partial charge in [-0.1, -0.05) is 0 Å². The van der Waals surface area contributed by atoms with E-state index in [4.69, 9.17) is 0 Å². The molecule has 0 aromatic heterocycles. The highest BCUT2D eigenvalue weighted by Crippen LogP contribution is 2.31. The summed E-state index contributed by atoms with van der Waals surface area (Å²) in [7, 11) is 0. The summed E-state index contributed by atoms with van der Waals surface area (Å²) in [5.74, 6) is -1.46. The Morgan fingerprint density at radius 3 is 2.33 bits per heavy atom. The van der Waals surface area contributed by atoms with Gasteiger partial charge in [-0.2, -0.15) is 13.2 Å². The highest BCUT2D eigenvalue weighted by atomic mass is 79.9. The van der Waals surface area contributed by atoms with Crippen molar-refractivity contribution in [3.8, 4) is 0 Å². The van der Waals surface area contributed by atoms with Gasteiger partial charge in [0, 0.05) is 11.0 Å². The van der Waals surface area contributed by atoms with Gasteiger partial charge >= 0.3 is 6.18 Å². The highest BCUT2D eigenvalue weighted by molar-refractivity contribution is 9.10. The van der Waals surface area contributed by atoms with Crippen molar-refractivity contribution >= 4 is 21.6 Å². The van der Waals surface area contributed by atoms with Crippen molar-refractivity contribution in [1.82, 2.24) is 0 Å². The second-order valence-electron chi connectivity index (χ2n) is 4.32. The standard InChI is InChI=1S/C14H9BrF5N/c15-12-2-1-10(16)6-13(12)21-7-8-3-9(14(18,19)20)5-11(17)4-8/h1-6,21H,7H2. The van der Waals surface area contributed by atoms with E-state index in [0.29, 0.717) is 16.2 Å². The van der Waals surface area contributed by atoms with Gasteiger partial charge in [-0.15, -0.1) is 0 Å². The fourth-order valence-electron chi connectivity index (χ4n) is 1.75. The summed E-state index contributed by atoms with van der Waals surface area (Å²) in [5.41, 5.74) is -0.580. The Morgan fingerprint density at radius 2 is 1.67 bits per heavy atom. The van der Waals surface area contributed by atoms with Crippen molar-refractivity contribution in [3.63, 3.8) is 0 Å². The summed E-state index contributed by atoms with van der Waals surface area (Å²) >= 11 is 3.18. The van der Waals surface area contributed by atoms with E-state index < -0.39 is 23.4 Å². The van der Waals surface area contributed by atoms with Crippen molar-refractivity contribution < 1.29 is 22.0 Å². The number of halogens is 6. The maximum absolute atomic E-state index is 13.2. The van der Waals surface area contributed by atoms with Crippen LogP contribution >= 0.6 is 15.9 Å². The molecule has 0 unspecified atom stereocenters. The average molecular weight is 366 g/mol. The van der Waals surface area contributed by atoms with E-state index in [9.17, 15) is 22.0 Å². The quantitative estimate of drug-likeness (QED) is 0.722. The third-order valence-electron chi connectivity index (χ3n) is 2.70. The van der Waals surface area contributed by atoms with E-state index in [1.165, 1.54) is 18.2 Å². The molecule has 0 spiro atoms. The Bertz CT molecular complexity index is 654. The number of nitrogens with one attached hydrogen (secondary N) is 1. The summed E-state index contributed by atoms with van der Waals surface area (Å²) in [5, 5.41) is 2.76. The van der Waals surface area contributed by atoms with Gasteiger partial charge in [0.1, 0.15) is 11.6 Å². The third kappa shape index (κ3) is 4.17. The van der Waals surface area contributed by atoms with Crippen LogP contribution in [0.3, 0.4) is 0 Å². The normalized spacial score (nSPS) is 11.5. The van der Waals surface area contributed by atoms with Gasteiger partial charge in [0.2, 0.25) is 0 Å². The molecule has 0 atom stereocenters. The molecule has 21 heavy (non-hydrogen) atoms. The summed E-state index contributed by atoms with van der Waals surface area (Å²) in [6.07, 6.45) is -4.61. The average Bonchev–Trinajstić information content (AvgIpc) is 2.38. The van der Waals surface area contributed by atoms with Crippen LogP contribution in [0.5, 0.6) is 0 Å². The molecule has 0 aliphatic heterocycles. The van der Waals surface area contributed by atoms with E-state index in [2.05, 4.69) is 21.2 Å². The second-order valence-corrected chi connectivity index (χ2v) is 5.18. The molecular formula is C14H9BrF5N. The minimum absolute atomic E-state index is 0.0666. The maximum Gasteiger partial charge on any atom is 0.416 e. The van der Waals surface area contributed by atoms with Crippen LogP contribution in [0.4, 0.5) is 27.6 Å². The van der Waals surface area contributed by atoms with Gasteiger partial charge < -0.3 is 5.32 Å². The maximum atomic E-state index is 13.2. The fraction of sp³-hybridized carbons (Fsp3) is 0.143. The van der Waals surface area contributed by atoms with E-state index >= 15 is 0 Å². The molecule has 112 valence electrons. The molecule has 0 radical (unpaired) electrons. The van der Waals surface area contributed by atoms with Gasteiger partial charge in [-0.25, -0.2) is 8.78 Å². The topological polar surface area (TPSA) is 12.0 Å². The van der Waals surface area contributed by atoms with Crippen LogP contribution < -0.4 is 5.32 Å². The van der Waals surface area contributed by atoms with Gasteiger partial charge in [-0.05, 0) is 57.9 Å². The number of hydrogen-bond acceptors (Lipinski definition) is 1. The lowest BCUT2D eigenvalue weighted by atomic mass is 10.1. The number of alkyl halides is 3. The lowest BCUT2D eigenvalue weighted by Gasteiger charge is -2.12. The van der Waals surface area contributed by atoms with Crippen LogP contribution in [-0.2, 0) is 12.7 Å². The number of benzene rings is 2. The van der Waals surface area contributed by atoms with E-state index in [0.717, 1.165) is 12.1 Å². The molecule has 1 N–H and O–H groups in total. The van der Waals surface area contributed by atoms with Gasteiger partial charge in [-0.3, -0.25) is 0 Å². The first kappa shape index (κ1) is 15.8. The van der Waals surface area contributed by atoms with Crippen molar-refractivity contribution in [3.05, 3.63) is 63.6 Å². The molecule has 0 aliphatic carbocycles. The van der Waals surface area contributed by atoms with E-state index in [1.807, 2.05) is 0 Å². The zero-order valence-electron chi connectivity index (χ0n) is 10.4. The van der Waals surface area contributed by atoms with Crippen LogP contribution in [0, 0.1) is 11.6 Å². The molecule has 0 saturated heterocycles.